The molecule has 4 aromatic rings. The van der Waals surface area contributed by atoms with Gasteiger partial charge >= 0.3 is 0 Å². The molecule has 210 valence electrons. The smallest absolute Gasteiger partial charge is 0.119 e. The average Bonchev–Trinajstić information content (AvgIpc) is 2.99. The summed E-state index contributed by atoms with van der Waals surface area (Å²) in [5.41, 5.74) is 5.91. The Morgan fingerprint density at radius 2 is 1.20 bits per heavy atom. The lowest BCUT2D eigenvalue weighted by Crippen LogP contribution is -2.22. The molecule has 4 rings (SSSR count). The molecule has 0 aliphatic heterocycles. The zero-order valence-corrected chi connectivity index (χ0v) is 23.8. The van der Waals surface area contributed by atoms with Crippen molar-refractivity contribution in [3.63, 3.8) is 0 Å². The highest BCUT2D eigenvalue weighted by Gasteiger charge is 2.11. The van der Waals surface area contributed by atoms with Crippen LogP contribution < -0.4 is 19.3 Å². The lowest BCUT2D eigenvalue weighted by Gasteiger charge is -2.26. The Morgan fingerprint density at radius 3 is 1.93 bits per heavy atom. The standard InChI is InChI=1S/C34H40N2O4/c1-35(2)32-13-7-11-29(23-32)25-36(26-30-12-8-14-34(24-30)37-3)31-15-17-33(18-16-31)40-22-21-38-19-20-39-27-28-9-5-4-6-10-28/h4-18,23-24H,19-22,25-27H2,1-3H3. The second-order valence-corrected chi connectivity index (χ2v) is 9.76. The predicted molar refractivity (Wildman–Crippen MR) is 163 cm³/mol. The first kappa shape index (κ1) is 29.0. The summed E-state index contributed by atoms with van der Waals surface area (Å²) >= 11 is 0. The topological polar surface area (TPSA) is 43.4 Å². The van der Waals surface area contributed by atoms with Gasteiger partial charge < -0.3 is 28.7 Å². The van der Waals surface area contributed by atoms with E-state index in [2.05, 4.69) is 84.6 Å². The van der Waals surface area contributed by atoms with Gasteiger partial charge in [-0.25, -0.2) is 0 Å². The van der Waals surface area contributed by atoms with Gasteiger partial charge in [-0.15, -0.1) is 0 Å². The number of methoxy groups -OCH3 is 1. The van der Waals surface area contributed by atoms with E-state index < -0.39 is 0 Å². The molecule has 40 heavy (non-hydrogen) atoms. The zero-order valence-electron chi connectivity index (χ0n) is 23.8. The third-order valence-electron chi connectivity index (χ3n) is 6.49. The van der Waals surface area contributed by atoms with Crippen LogP contribution in [0, 0.1) is 0 Å². The third kappa shape index (κ3) is 9.33. The monoisotopic (exact) mass is 540 g/mol. The van der Waals surface area contributed by atoms with Crippen LogP contribution in [0.1, 0.15) is 16.7 Å². The normalized spacial score (nSPS) is 10.8. The van der Waals surface area contributed by atoms with Crippen LogP contribution in [0.2, 0.25) is 0 Å². The quantitative estimate of drug-likeness (QED) is 0.150. The van der Waals surface area contributed by atoms with Crippen LogP contribution in [0.4, 0.5) is 11.4 Å². The van der Waals surface area contributed by atoms with E-state index in [1.165, 1.54) is 22.4 Å². The summed E-state index contributed by atoms with van der Waals surface area (Å²) in [6, 6.07) is 35.3. The van der Waals surface area contributed by atoms with Gasteiger partial charge in [0.25, 0.3) is 0 Å². The fourth-order valence-corrected chi connectivity index (χ4v) is 4.34. The fraction of sp³-hybridized carbons (Fsp3) is 0.294. The number of hydrogen-bond acceptors (Lipinski definition) is 6. The Balaban J connectivity index is 1.30. The molecule has 0 atom stereocenters. The van der Waals surface area contributed by atoms with Crippen LogP contribution in [0.5, 0.6) is 11.5 Å². The van der Waals surface area contributed by atoms with Crippen molar-refractivity contribution in [2.24, 2.45) is 0 Å². The average molecular weight is 541 g/mol. The van der Waals surface area contributed by atoms with Crippen molar-refractivity contribution < 1.29 is 18.9 Å². The van der Waals surface area contributed by atoms with E-state index in [4.69, 9.17) is 18.9 Å². The molecule has 0 bridgehead atoms. The van der Waals surface area contributed by atoms with Gasteiger partial charge in [-0.3, -0.25) is 0 Å². The molecule has 0 heterocycles. The highest BCUT2D eigenvalue weighted by molar-refractivity contribution is 5.52. The van der Waals surface area contributed by atoms with Crippen molar-refractivity contribution in [1.82, 2.24) is 0 Å². The molecule has 6 nitrogen and oxygen atoms in total. The van der Waals surface area contributed by atoms with Gasteiger partial charge in [0.1, 0.15) is 18.1 Å². The predicted octanol–water partition coefficient (Wildman–Crippen LogP) is 6.58. The number of ether oxygens (including phenoxy) is 4. The van der Waals surface area contributed by atoms with Crippen LogP contribution in [-0.4, -0.2) is 47.6 Å². The summed E-state index contributed by atoms with van der Waals surface area (Å²) < 4.78 is 22.7. The molecule has 0 aliphatic rings. The largest absolute Gasteiger partial charge is 0.497 e. The van der Waals surface area contributed by atoms with Crippen LogP contribution in [0.25, 0.3) is 0 Å². The molecule has 0 saturated heterocycles. The maximum Gasteiger partial charge on any atom is 0.119 e. The van der Waals surface area contributed by atoms with Gasteiger partial charge in [0.15, 0.2) is 0 Å². The van der Waals surface area contributed by atoms with Crippen molar-refractivity contribution in [3.8, 4) is 11.5 Å². The van der Waals surface area contributed by atoms with Gasteiger partial charge in [0.2, 0.25) is 0 Å². The van der Waals surface area contributed by atoms with E-state index in [0.717, 1.165) is 30.3 Å². The van der Waals surface area contributed by atoms with Gasteiger partial charge in [0.05, 0.1) is 33.5 Å². The molecule has 0 radical (unpaired) electrons. The highest BCUT2D eigenvalue weighted by Crippen LogP contribution is 2.25. The van der Waals surface area contributed by atoms with Crippen molar-refractivity contribution in [3.05, 3.63) is 120 Å². The van der Waals surface area contributed by atoms with Crippen LogP contribution in [0.15, 0.2) is 103 Å². The first-order chi connectivity index (χ1) is 19.6. The number of hydrogen-bond donors (Lipinski definition) is 0. The first-order valence-corrected chi connectivity index (χ1v) is 13.7. The molecule has 0 aliphatic carbocycles. The second-order valence-electron chi connectivity index (χ2n) is 9.76. The minimum absolute atomic E-state index is 0.489. The molecule has 0 unspecified atom stereocenters. The van der Waals surface area contributed by atoms with E-state index in [0.29, 0.717) is 33.0 Å². The first-order valence-electron chi connectivity index (χ1n) is 13.7. The molecule has 0 N–H and O–H groups in total. The molecule has 0 fully saturated rings. The molecular weight excluding hydrogens is 500 g/mol. The SMILES string of the molecule is COc1cccc(CN(Cc2cccc(N(C)C)c2)c2ccc(OCCOCCOCc3ccccc3)cc2)c1. The lowest BCUT2D eigenvalue weighted by molar-refractivity contribution is 0.0303. The van der Waals surface area contributed by atoms with E-state index in [1.807, 2.05) is 42.5 Å². The van der Waals surface area contributed by atoms with E-state index in [-0.39, 0.29) is 0 Å². The molecule has 0 amide bonds. The van der Waals surface area contributed by atoms with Gasteiger partial charge in [0, 0.05) is 38.6 Å². The van der Waals surface area contributed by atoms with Crippen LogP contribution in [0.3, 0.4) is 0 Å². The summed E-state index contributed by atoms with van der Waals surface area (Å²) in [7, 11) is 5.83. The van der Waals surface area contributed by atoms with Crippen molar-refractivity contribution in [2.45, 2.75) is 19.7 Å². The minimum Gasteiger partial charge on any atom is -0.497 e. The Morgan fingerprint density at radius 1 is 0.550 bits per heavy atom. The van der Waals surface area contributed by atoms with E-state index in [1.54, 1.807) is 7.11 Å². The van der Waals surface area contributed by atoms with E-state index >= 15 is 0 Å². The van der Waals surface area contributed by atoms with E-state index in [9.17, 15) is 0 Å². The maximum absolute atomic E-state index is 5.92. The minimum atomic E-state index is 0.489. The van der Waals surface area contributed by atoms with Crippen molar-refractivity contribution >= 4 is 11.4 Å². The number of nitrogens with zero attached hydrogens (tertiary/aromatic N) is 2. The molecule has 0 aromatic heterocycles. The molecule has 0 saturated carbocycles. The zero-order chi connectivity index (χ0) is 28.0. The van der Waals surface area contributed by atoms with Crippen molar-refractivity contribution in [2.75, 3.05) is 57.4 Å². The fourth-order valence-electron chi connectivity index (χ4n) is 4.34. The Hall–Kier alpha value is -4.00. The third-order valence-corrected chi connectivity index (χ3v) is 6.49. The van der Waals surface area contributed by atoms with Crippen molar-refractivity contribution in [1.29, 1.82) is 0 Å². The number of benzene rings is 4. The number of anilines is 2. The maximum atomic E-state index is 5.92. The molecule has 4 aromatic carbocycles. The molecule has 0 spiro atoms. The van der Waals surface area contributed by atoms with Gasteiger partial charge in [-0.05, 0) is 65.2 Å². The van der Waals surface area contributed by atoms with Gasteiger partial charge in [-0.2, -0.15) is 0 Å². The molecular formula is C34H40N2O4. The second kappa shape index (κ2) is 15.6. The Kier molecular flexibility index (Phi) is 11.3. The summed E-state index contributed by atoms with van der Waals surface area (Å²) in [6.45, 7) is 4.24. The summed E-state index contributed by atoms with van der Waals surface area (Å²) in [5, 5.41) is 0. The van der Waals surface area contributed by atoms with Crippen LogP contribution >= 0.6 is 0 Å². The lowest BCUT2D eigenvalue weighted by atomic mass is 10.1. The Bertz CT molecular complexity index is 1280. The highest BCUT2D eigenvalue weighted by atomic mass is 16.5. The van der Waals surface area contributed by atoms with Crippen LogP contribution in [-0.2, 0) is 29.2 Å². The summed E-state index contributed by atoms with van der Waals surface area (Å²) in [6.07, 6.45) is 0. The Labute approximate surface area is 238 Å². The summed E-state index contributed by atoms with van der Waals surface area (Å²) in [4.78, 5) is 4.50. The molecule has 6 heteroatoms. The number of rotatable bonds is 16. The van der Waals surface area contributed by atoms with Gasteiger partial charge in [-0.1, -0.05) is 54.6 Å². The summed E-state index contributed by atoms with van der Waals surface area (Å²) in [5.74, 6) is 1.68.